The molecule has 6 heteroatoms. The molecule has 1 aliphatic rings. The SMILES string of the molecule is CS(=O)(=O)c1cccc(NC(=O)c2cc3c(s2)CCCCC3)c1. The fourth-order valence-corrected chi connectivity index (χ4v) is 4.59. The smallest absolute Gasteiger partial charge is 0.265 e. The molecule has 0 fully saturated rings. The number of hydrogen-bond acceptors (Lipinski definition) is 4. The number of benzene rings is 1. The molecule has 1 aromatic heterocycles. The molecule has 0 radical (unpaired) electrons. The molecule has 0 saturated carbocycles. The van der Waals surface area contributed by atoms with Crippen molar-refractivity contribution in [1.29, 1.82) is 0 Å². The highest BCUT2D eigenvalue weighted by atomic mass is 32.2. The van der Waals surface area contributed by atoms with Crippen molar-refractivity contribution < 1.29 is 13.2 Å². The van der Waals surface area contributed by atoms with Crippen molar-refractivity contribution in [2.24, 2.45) is 0 Å². The van der Waals surface area contributed by atoms with E-state index in [9.17, 15) is 13.2 Å². The highest BCUT2D eigenvalue weighted by Crippen LogP contribution is 2.29. The van der Waals surface area contributed by atoms with Gasteiger partial charge < -0.3 is 5.32 Å². The molecule has 1 N–H and O–H groups in total. The number of nitrogens with one attached hydrogen (secondary N) is 1. The van der Waals surface area contributed by atoms with Crippen LogP contribution in [0.5, 0.6) is 0 Å². The van der Waals surface area contributed by atoms with Gasteiger partial charge in [-0.15, -0.1) is 11.3 Å². The highest BCUT2D eigenvalue weighted by Gasteiger charge is 2.17. The number of anilines is 1. The van der Waals surface area contributed by atoms with Gasteiger partial charge in [0.15, 0.2) is 9.84 Å². The number of rotatable bonds is 3. The first-order valence-electron chi connectivity index (χ1n) is 7.66. The average molecular weight is 349 g/mol. The van der Waals surface area contributed by atoms with Crippen molar-refractivity contribution in [2.45, 2.75) is 37.0 Å². The minimum absolute atomic E-state index is 0.172. The normalized spacial score (nSPS) is 14.8. The molecule has 2 aromatic rings. The number of carbonyl (C=O) groups excluding carboxylic acids is 1. The summed E-state index contributed by atoms with van der Waals surface area (Å²) in [5.74, 6) is -0.172. The second-order valence-electron chi connectivity index (χ2n) is 5.87. The van der Waals surface area contributed by atoms with Crippen LogP contribution < -0.4 is 5.32 Å². The number of fused-ring (bicyclic) bond motifs is 1. The van der Waals surface area contributed by atoms with Crippen LogP contribution in [0.3, 0.4) is 0 Å². The molecule has 1 amide bonds. The van der Waals surface area contributed by atoms with Gasteiger partial charge in [-0.1, -0.05) is 12.5 Å². The van der Waals surface area contributed by atoms with E-state index in [1.54, 1.807) is 23.5 Å². The Morgan fingerprint density at radius 1 is 1.13 bits per heavy atom. The first-order valence-corrected chi connectivity index (χ1v) is 10.4. The molecule has 1 aromatic carbocycles. The van der Waals surface area contributed by atoms with Gasteiger partial charge in [0, 0.05) is 16.8 Å². The first-order chi connectivity index (χ1) is 10.9. The van der Waals surface area contributed by atoms with Gasteiger partial charge in [-0.3, -0.25) is 4.79 Å². The monoisotopic (exact) mass is 349 g/mol. The third kappa shape index (κ3) is 3.82. The lowest BCUT2D eigenvalue weighted by molar-refractivity contribution is 0.103. The summed E-state index contributed by atoms with van der Waals surface area (Å²) in [5.41, 5.74) is 1.80. The summed E-state index contributed by atoms with van der Waals surface area (Å²) in [6.45, 7) is 0. The molecule has 0 aliphatic heterocycles. The van der Waals surface area contributed by atoms with Gasteiger partial charge in [-0.05, 0) is 55.5 Å². The zero-order valence-electron chi connectivity index (χ0n) is 13.0. The average Bonchev–Trinajstić information content (AvgIpc) is 2.78. The van der Waals surface area contributed by atoms with Gasteiger partial charge in [0.2, 0.25) is 0 Å². The maximum absolute atomic E-state index is 12.4. The molecule has 1 heterocycles. The number of hydrogen-bond donors (Lipinski definition) is 1. The summed E-state index contributed by atoms with van der Waals surface area (Å²) >= 11 is 1.56. The zero-order chi connectivity index (χ0) is 16.4. The second kappa shape index (κ2) is 6.45. The molecule has 1 aliphatic carbocycles. The van der Waals surface area contributed by atoms with E-state index in [0.717, 1.165) is 19.1 Å². The van der Waals surface area contributed by atoms with Crippen LogP contribution in [0.4, 0.5) is 5.69 Å². The van der Waals surface area contributed by atoms with Crippen LogP contribution in [0.25, 0.3) is 0 Å². The molecule has 0 atom stereocenters. The fraction of sp³-hybridized carbons (Fsp3) is 0.353. The van der Waals surface area contributed by atoms with Gasteiger partial charge in [0.1, 0.15) is 0 Å². The largest absolute Gasteiger partial charge is 0.321 e. The third-order valence-corrected chi connectivity index (χ3v) is 6.34. The molecular weight excluding hydrogens is 330 g/mol. The van der Waals surface area contributed by atoms with E-state index >= 15 is 0 Å². The van der Waals surface area contributed by atoms with Crippen molar-refractivity contribution in [3.05, 3.63) is 45.6 Å². The van der Waals surface area contributed by atoms with Crippen LogP contribution >= 0.6 is 11.3 Å². The molecule has 0 bridgehead atoms. The molecule has 4 nitrogen and oxygen atoms in total. The van der Waals surface area contributed by atoms with Crippen molar-refractivity contribution in [2.75, 3.05) is 11.6 Å². The third-order valence-electron chi connectivity index (χ3n) is 3.99. The minimum Gasteiger partial charge on any atom is -0.321 e. The number of amides is 1. The van der Waals surface area contributed by atoms with Gasteiger partial charge in [0.05, 0.1) is 9.77 Å². The number of aryl methyl sites for hydroxylation is 2. The molecule has 23 heavy (non-hydrogen) atoms. The predicted molar refractivity (Wildman–Crippen MR) is 93.1 cm³/mol. The molecule has 0 unspecified atom stereocenters. The van der Waals surface area contributed by atoms with Crippen LogP contribution in [-0.4, -0.2) is 20.6 Å². The van der Waals surface area contributed by atoms with Gasteiger partial charge in [-0.2, -0.15) is 0 Å². The van der Waals surface area contributed by atoms with E-state index in [1.165, 1.54) is 41.8 Å². The maximum atomic E-state index is 12.4. The Kier molecular flexibility index (Phi) is 4.55. The fourth-order valence-electron chi connectivity index (χ4n) is 2.78. The lowest BCUT2D eigenvalue weighted by Crippen LogP contribution is -2.10. The Morgan fingerprint density at radius 3 is 2.70 bits per heavy atom. The minimum atomic E-state index is -3.28. The van der Waals surface area contributed by atoms with Crippen LogP contribution in [0.2, 0.25) is 0 Å². The quantitative estimate of drug-likeness (QED) is 0.860. The lowest BCUT2D eigenvalue weighted by Gasteiger charge is -2.05. The van der Waals surface area contributed by atoms with Crippen molar-refractivity contribution in [3.63, 3.8) is 0 Å². The number of thiophene rings is 1. The van der Waals surface area contributed by atoms with Crippen LogP contribution in [0.1, 0.15) is 39.4 Å². The molecule has 122 valence electrons. The van der Waals surface area contributed by atoms with Crippen LogP contribution in [0, 0.1) is 0 Å². The van der Waals surface area contributed by atoms with Crippen LogP contribution in [-0.2, 0) is 22.7 Å². The summed E-state index contributed by atoms with van der Waals surface area (Å²) in [7, 11) is -3.28. The molecule has 0 saturated heterocycles. The summed E-state index contributed by atoms with van der Waals surface area (Å²) in [6, 6.07) is 8.34. The van der Waals surface area contributed by atoms with Crippen molar-refractivity contribution in [1.82, 2.24) is 0 Å². The number of carbonyl (C=O) groups is 1. The van der Waals surface area contributed by atoms with Crippen molar-refractivity contribution >= 4 is 32.8 Å². The zero-order valence-corrected chi connectivity index (χ0v) is 14.6. The van der Waals surface area contributed by atoms with Gasteiger partial charge >= 0.3 is 0 Å². The molecule has 0 spiro atoms. The van der Waals surface area contributed by atoms with E-state index < -0.39 is 9.84 Å². The molecular formula is C17H19NO3S2. The van der Waals surface area contributed by atoms with Gasteiger partial charge in [0.25, 0.3) is 5.91 Å². The van der Waals surface area contributed by atoms with Crippen molar-refractivity contribution in [3.8, 4) is 0 Å². The topological polar surface area (TPSA) is 63.2 Å². The van der Waals surface area contributed by atoms with E-state index in [2.05, 4.69) is 5.32 Å². The van der Waals surface area contributed by atoms with E-state index in [4.69, 9.17) is 0 Å². The standard InChI is InChI=1S/C17H19NO3S2/c1-23(20,21)14-8-5-7-13(11-14)18-17(19)16-10-12-6-3-2-4-9-15(12)22-16/h5,7-8,10-11H,2-4,6,9H2,1H3,(H,18,19). The van der Waals surface area contributed by atoms with E-state index in [1.807, 2.05) is 6.07 Å². The second-order valence-corrected chi connectivity index (χ2v) is 9.03. The predicted octanol–water partition coefficient (Wildman–Crippen LogP) is 3.67. The van der Waals surface area contributed by atoms with Crippen LogP contribution in [0.15, 0.2) is 35.2 Å². The molecule has 3 rings (SSSR count). The Bertz CT molecular complexity index is 814. The lowest BCUT2D eigenvalue weighted by atomic mass is 10.1. The van der Waals surface area contributed by atoms with Gasteiger partial charge in [-0.25, -0.2) is 8.42 Å². The Hall–Kier alpha value is -1.66. The summed E-state index contributed by atoms with van der Waals surface area (Å²) in [4.78, 5) is 14.6. The Morgan fingerprint density at radius 2 is 1.91 bits per heavy atom. The summed E-state index contributed by atoms with van der Waals surface area (Å²) < 4.78 is 23.2. The first kappa shape index (κ1) is 16.2. The van der Waals surface area contributed by atoms with E-state index in [-0.39, 0.29) is 10.8 Å². The summed E-state index contributed by atoms with van der Waals surface area (Å²) in [5, 5.41) is 2.80. The summed E-state index contributed by atoms with van der Waals surface area (Å²) in [6.07, 6.45) is 6.87. The Labute approximate surface area is 140 Å². The number of sulfone groups is 1. The maximum Gasteiger partial charge on any atom is 0.265 e. The van der Waals surface area contributed by atoms with E-state index in [0.29, 0.717) is 10.6 Å². The highest BCUT2D eigenvalue weighted by molar-refractivity contribution is 7.90. The Balaban J connectivity index is 1.80.